The van der Waals surface area contributed by atoms with E-state index in [9.17, 15) is 9.90 Å². The molecule has 1 aromatic carbocycles. The molecule has 0 aliphatic heterocycles. The summed E-state index contributed by atoms with van der Waals surface area (Å²) < 4.78 is 5.19. The van der Waals surface area contributed by atoms with Gasteiger partial charge in [0.2, 0.25) is 0 Å². The summed E-state index contributed by atoms with van der Waals surface area (Å²) in [6.07, 6.45) is 1.91. The minimum atomic E-state index is -1.05. The second-order valence-electron chi connectivity index (χ2n) is 5.27. The molecule has 0 radical (unpaired) electrons. The topological polar surface area (TPSA) is 74.5 Å². The molecule has 5 heteroatoms. The lowest BCUT2D eigenvalue weighted by Crippen LogP contribution is -2.45. The first-order valence-electron chi connectivity index (χ1n) is 6.85. The molecule has 2 aromatic rings. The van der Waals surface area contributed by atoms with Gasteiger partial charge in [-0.2, -0.15) is 0 Å². The molecule has 1 aromatic heterocycles. The molecule has 0 aliphatic carbocycles. The summed E-state index contributed by atoms with van der Waals surface area (Å²) in [5, 5.41) is 15.6. The van der Waals surface area contributed by atoms with Gasteiger partial charge in [-0.05, 0) is 24.6 Å². The number of furan rings is 1. The van der Waals surface area contributed by atoms with Crippen LogP contribution in [0.3, 0.4) is 0 Å². The van der Waals surface area contributed by atoms with E-state index < -0.39 is 5.60 Å². The van der Waals surface area contributed by atoms with E-state index in [1.807, 2.05) is 30.3 Å². The first-order valence-corrected chi connectivity index (χ1v) is 6.85. The zero-order valence-electron chi connectivity index (χ0n) is 12.0. The van der Waals surface area contributed by atoms with Gasteiger partial charge in [-0.15, -0.1) is 0 Å². The molecule has 0 aliphatic rings. The molecule has 112 valence electrons. The third kappa shape index (κ3) is 5.31. The van der Waals surface area contributed by atoms with Crippen LogP contribution in [0.15, 0.2) is 53.1 Å². The monoisotopic (exact) mass is 288 g/mol. The molecule has 21 heavy (non-hydrogen) atoms. The van der Waals surface area contributed by atoms with Crippen LogP contribution < -0.4 is 10.6 Å². The molecule has 0 fully saturated rings. The quantitative estimate of drug-likeness (QED) is 0.762. The average Bonchev–Trinajstić information content (AvgIpc) is 2.96. The average molecular weight is 288 g/mol. The van der Waals surface area contributed by atoms with Crippen molar-refractivity contribution in [1.82, 2.24) is 10.6 Å². The van der Waals surface area contributed by atoms with E-state index >= 15 is 0 Å². The van der Waals surface area contributed by atoms with Crippen LogP contribution in [-0.2, 0) is 13.0 Å². The summed E-state index contributed by atoms with van der Waals surface area (Å²) in [6.45, 7) is 2.26. The van der Waals surface area contributed by atoms with Crippen molar-refractivity contribution < 1.29 is 14.3 Å². The molecule has 1 heterocycles. The van der Waals surface area contributed by atoms with Gasteiger partial charge in [0.1, 0.15) is 5.76 Å². The van der Waals surface area contributed by atoms with E-state index in [1.54, 1.807) is 25.3 Å². The minimum Gasteiger partial charge on any atom is -0.469 e. The molecular formula is C16H20N2O3. The van der Waals surface area contributed by atoms with Gasteiger partial charge in [-0.25, -0.2) is 4.79 Å². The van der Waals surface area contributed by atoms with Crippen LogP contribution in [0.5, 0.6) is 0 Å². The Kier molecular flexibility index (Phi) is 5.00. The van der Waals surface area contributed by atoms with E-state index in [0.717, 1.165) is 5.56 Å². The Labute approximate surface area is 124 Å². The lowest BCUT2D eigenvalue weighted by Gasteiger charge is -2.22. The molecular weight excluding hydrogens is 268 g/mol. The first kappa shape index (κ1) is 15.1. The first-order chi connectivity index (χ1) is 10.1. The number of amides is 2. The maximum absolute atomic E-state index is 11.7. The molecule has 0 saturated heterocycles. The van der Waals surface area contributed by atoms with Crippen LogP contribution in [-0.4, -0.2) is 23.3 Å². The highest BCUT2D eigenvalue weighted by molar-refractivity contribution is 5.73. The molecule has 0 saturated carbocycles. The highest BCUT2D eigenvalue weighted by atomic mass is 16.3. The number of hydrogen-bond donors (Lipinski definition) is 3. The van der Waals surface area contributed by atoms with Gasteiger partial charge in [0, 0.05) is 19.5 Å². The second kappa shape index (κ2) is 6.95. The van der Waals surface area contributed by atoms with Crippen LogP contribution in [0.25, 0.3) is 0 Å². The van der Waals surface area contributed by atoms with Crippen molar-refractivity contribution in [3.8, 4) is 0 Å². The number of carbonyl (C=O) groups is 1. The standard InChI is InChI=1S/C16H20N2O3/c1-16(20,10-14-8-5-9-21-14)12-18-15(19)17-11-13-6-3-2-4-7-13/h2-9,20H,10-12H2,1H3,(H2,17,18,19). The molecule has 0 spiro atoms. The van der Waals surface area contributed by atoms with Crippen molar-refractivity contribution in [2.75, 3.05) is 6.54 Å². The van der Waals surface area contributed by atoms with Crippen molar-refractivity contribution >= 4 is 6.03 Å². The van der Waals surface area contributed by atoms with Crippen LogP contribution in [0, 0.1) is 0 Å². The number of benzene rings is 1. The lowest BCUT2D eigenvalue weighted by molar-refractivity contribution is 0.0571. The summed E-state index contributed by atoms with van der Waals surface area (Å²) in [5.41, 5.74) is -0.0305. The third-order valence-electron chi connectivity index (χ3n) is 3.06. The Morgan fingerprint density at radius 3 is 2.62 bits per heavy atom. The van der Waals surface area contributed by atoms with Crippen LogP contribution >= 0.6 is 0 Å². The van der Waals surface area contributed by atoms with E-state index in [2.05, 4.69) is 10.6 Å². The van der Waals surface area contributed by atoms with Crippen molar-refractivity contribution in [3.05, 3.63) is 60.1 Å². The Morgan fingerprint density at radius 1 is 1.19 bits per heavy atom. The van der Waals surface area contributed by atoms with Crippen molar-refractivity contribution in [1.29, 1.82) is 0 Å². The van der Waals surface area contributed by atoms with Crippen LogP contribution in [0.2, 0.25) is 0 Å². The Hall–Kier alpha value is -2.27. The molecule has 1 atom stereocenters. The third-order valence-corrected chi connectivity index (χ3v) is 3.06. The van der Waals surface area contributed by atoms with E-state index in [0.29, 0.717) is 18.7 Å². The SMILES string of the molecule is CC(O)(CNC(=O)NCc1ccccc1)Cc1ccco1. The lowest BCUT2D eigenvalue weighted by atomic mass is 10.0. The molecule has 2 amide bonds. The minimum absolute atomic E-state index is 0.147. The highest BCUT2D eigenvalue weighted by Crippen LogP contribution is 2.12. The van der Waals surface area contributed by atoms with Crippen molar-refractivity contribution in [2.24, 2.45) is 0 Å². The molecule has 1 unspecified atom stereocenters. The van der Waals surface area contributed by atoms with Crippen LogP contribution in [0.4, 0.5) is 4.79 Å². The zero-order chi connectivity index (χ0) is 15.1. The van der Waals surface area contributed by atoms with Crippen molar-refractivity contribution in [2.45, 2.75) is 25.5 Å². The number of hydrogen-bond acceptors (Lipinski definition) is 3. The zero-order valence-corrected chi connectivity index (χ0v) is 12.0. The molecule has 5 nitrogen and oxygen atoms in total. The predicted octanol–water partition coefficient (Wildman–Crippen LogP) is 2.07. The van der Waals surface area contributed by atoms with Gasteiger partial charge in [0.15, 0.2) is 0 Å². The van der Waals surface area contributed by atoms with Gasteiger partial charge < -0.3 is 20.2 Å². The Morgan fingerprint density at radius 2 is 1.95 bits per heavy atom. The van der Waals surface area contributed by atoms with E-state index in [-0.39, 0.29) is 12.6 Å². The molecule has 0 bridgehead atoms. The number of urea groups is 1. The molecule has 2 rings (SSSR count). The van der Waals surface area contributed by atoms with Gasteiger partial charge in [0.25, 0.3) is 0 Å². The van der Waals surface area contributed by atoms with Gasteiger partial charge in [0.05, 0.1) is 11.9 Å². The van der Waals surface area contributed by atoms with E-state index in [1.165, 1.54) is 0 Å². The summed E-state index contributed by atoms with van der Waals surface area (Å²) in [4.78, 5) is 11.7. The predicted molar refractivity (Wildman–Crippen MR) is 79.7 cm³/mol. The smallest absolute Gasteiger partial charge is 0.315 e. The fourth-order valence-corrected chi connectivity index (χ4v) is 1.96. The fourth-order valence-electron chi connectivity index (χ4n) is 1.96. The number of aliphatic hydroxyl groups is 1. The van der Waals surface area contributed by atoms with Gasteiger partial charge in [-0.1, -0.05) is 30.3 Å². The van der Waals surface area contributed by atoms with Crippen LogP contribution in [0.1, 0.15) is 18.2 Å². The van der Waals surface area contributed by atoms with E-state index in [4.69, 9.17) is 4.42 Å². The highest BCUT2D eigenvalue weighted by Gasteiger charge is 2.23. The summed E-state index contributed by atoms with van der Waals surface area (Å²) in [7, 11) is 0. The summed E-state index contributed by atoms with van der Waals surface area (Å²) in [6, 6.07) is 12.9. The maximum atomic E-state index is 11.7. The summed E-state index contributed by atoms with van der Waals surface area (Å²) in [5.74, 6) is 0.687. The molecule has 3 N–H and O–H groups in total. The fraction of sp³-hybridized carbons (Fsp3) is 0.312. The van der Waals surface area contributed by atoms with Gasteiger partial charge in [-0.3, -0.25) is 0 Å². The number of carbonyl (C=O) groups excluding carboxylic acids is 1. The normalized spacial score (nSPS) is 13.4. The van der Waals surface area contributed by atoms with Gasteiger partial charge >= 0.3 is 6.03 Å². The number of rotatable bonds is 6. The second-order valence-corrected chi connectivity index (χ2v) is 5.27. The van der Waals surface area contributed by atoms with Crippen molar-refractivity contribution in [3.63, 3.8) is 0 Å². The number of nitrogens with one attached hydrogen (secondary N) is 2. The largest absolute Gasteiger partial charge is 0.469 e. The Bertz CT molecular complexity index is 550. The summed E-state index contributed by atoms with van der Waals surface area (Å²) >= 11 is 0. The maximum Gasteiger partial charge on any atom is 0.315 e. The Balaban J connectivity index is 1.73.